The normalized spacial score (nSPS) is 29.2. The van der Waals surface area contributed by atoms with Crippen LogP contribution >= 0.6 is 0 Å². The lowest BCUT2D eigenvalue weighted by Gasteiger charge is -2.41. The van der Waals surface area contributed by atoms with Crippen LogP contribution in [0.5, 0.6) is 0 Å². The molecule has 0 aromatic carbocycles. The van der Waals surface area contributed by atoms with Crippen molar-refractivity contribution in [1.82, 2.24) is 10.2 Å². The molecule has 3 heteroatoms. The van der Waals surface area contributed by atoms with Crippen LogP contribution in [0, 0.1) is 5.92 Å². The number of hydrogen-bond acceptors (Lipinski definition) is 3. The van der Waals surface area contributed by atoms with Crippen LogP contribution in [0.1, 0.15) is 57.8 Å². The highest BCUT2D eigenvalue weighted by Crippen LogP contribution is 2.29. The lowest BCUT2D eigenvalue weighted by molar-refractivity contribution is 0.0880. The van der Waals surface area contributed by atoms with Crippen molar-refractivity contribution >= 4 is 0 Å². The number of aliphatic hydroxyl groups excluding tert-OH is 1. The van der Waals surface area contributed by atoms with Gasteiger partial charge in [-0.2, -0.15) is 0 Å². The van der Waals surface area contributed by atoms with E-state index in [4.69, 9.17) is 5.11 Å². The molecule has 0 aliphatic heterocycles. The van der Waals surface area contributed by atoms with E-state index in [1.54, 1.807) is 0 Å². The molecule has 2 rings (SSSR count). The SMILES string of the molecule is CNC1CCCCCC1CN(CCCO)C1CCC1. The van der Waals surface area contributed by atoms with Crippen LogP contribution in [0.25, 0.3) is 0 Å². The Bertz CT molecular complexity index is 243. The Morgan fingerprint density at radius 1 is 1.05 bits per heavy atom. The molecule has 0 aromatic rings. The summed E-state index contributed by atoms with van der Waals surface area (Å²) in [6.07, 6.45) is 12.0. The second-order valence-electron chi connectivity index (χ2n) is 6.45. The zero-order valence-corrected chi connectivity index (χ0v) is 12.6. The summed E-state index contributed by atoms with van der Waals surface area (Å²) in [5, 5.41) is 12.7. The summed E-state index contributed by atoms with van der Waals surface area (Å²) < 4.78 is 0. The molecule has 2 N–H and O–H groups in total. The average molecular weight is 268 g/mol. The predicted molar refractivity (Wildman–Crippen MR) is 80.3 cm³/mol. The van der Waals surface area contributed by atoms with Crippen molar-refractivity contribution in [3.05, 3.63) is 0 Å². The third-order valence-electron chi connectivity index (χ3n) is 5.19. The van der Waals surface area contributed by atoms with Gasteiger partial charge in [-0.3, -0.25) is 4.90 Å². The van der Waals surface area contributed by atoms with Gasteiger partial charge in [0.15, 0.2) is 0 Å². The van der Waals surface area contributed by atoms with Gasteiger partial charge in [0.2, 0.25) is 0 Å². The summed E-state index contributed by atoms with van der Waals surface area (Å²) >= 11 is 0. The lowest BCUT2D eigenvalue weighted by Crippen LogP contribution is -2.47. The van der Waals surface area contributed by atoms with Crippen LogP contribution in [0.15, 0.2) is 0 Å². The minimum Gasteiger partial charge on any atom is -0.396 e. The summed E-state index contributed by atoms with van der Waals surface area (Å²) in [4.78, 5) is 2.68. The van der Waals surface area contributed by atoms with Gasteiger partial charge in [0.05, 0.1) is 0 Å². The number of nitrogens with one attached hydrogen (secondary N) is 1. The van der Waals surface area contributed by atoms with Crippen molar-refractivity contribution in [2.45, 2.75) is 69.9 Å². The van der Waals surface area contributed by atoms with Crippen molar-refractivity contribution in [2.24, 2.45) is 5.92 Å². The Kier molecular flexibility index (Phi) is 6.62. The van der Waals surface area contributed by atoms with E-state index in [1.807, 2.05) is 0 Å². The van der Waals surface area contributed by atoms with Crippen LogP contribution < -0.4 is 5.32 Å². The molecule has 3 nitrogen and oxygen atoms in total. The van der Waals surface area contributed by atoms with Crippen molar-refractivity contribution in [2.75, 3.05) is 26.7 Å². The predicted octanol–water partition coefficient (Wildman–Crippen LogP) is 2.39. The van der Waals surface area contributed by atoms with E-state index < -0.39 is 0 Å². The van der Waals surface area contributed by atoms with E-state index >= 15 is 0 Å². The highest BCUT2D eigenvalue weighted by Gasteiger charge is 2.29. The number of hydrogen-bond donors (Lipinski definition) is 2. The maximum Gasteiger partial charge on any atom is 0.0443 e. The Morgan fingerprint density at radius 3 is 2.47 bits per heavy atom. The van der Waals surface area contributed by atoms with Crippen molar-refractivity contribution < 1.29 is 5.11 Å². The van der Waals surface area contributed by atoms with Gasteiger partial charge in [-0.1, -0.05) is 25.7 Å². The van der Waals surface area contributed by atoms with E-state index in [0.717, 1.165) is 24.9 Å². The molecule has 0 bridgehead atoms. The second kappa shape index (κ2) is 8.23. The molecule has 0 amide bonds. The molecule has 0 heterocycles. The summed E-state index contributed by atoms with van der Waals surface area (Å²) in [5.41, 5.74) is 0. The molecule has 19 heavy (non-hydrogen) atoms. The van der Waals surface area contributed by atoms with Gasteiger partial charge < -0.3 is 10.4 Å². The van der Waals surface area contributed by atoms with Crippen LogP contribution in [-0.2, 0) is 0 Å². The number of rotatable bonds is 7. The van der Waals surface area contributed by atoms with E-state index in [9.17, 15) is 0 Å². The molecule has 2 unspecified atom stereocenters. The third kappa shape index (κ3) is 4.44. The van der Waals surface area contributed by atoms with Gasteiger partial charge in [-0.15, -0.1) is 0 Å². The van der Waals surface area contributed by atoms with Gasteiger partial charge in [0.25, 0.3) is 0 Å². The fourth-order valence-electron chi connectivity index (χ4n) is 3.73. The molecule has 2 aliphatic carbocycles. The van der Waals surface area contributed by atoms with Crippen molar-refractivity contribution in [1.29, 1.82) is 0 Å². The van der Waals surface area contributed by atoms with Gasteiger partial charge in [-0.05, 0) is 45.1 Å². The summed E-state index contributed by atoms with van der Waals surface area (Å²) in [6.45, 7) is 2.67. The van der Waals surface area contributed by atoms with Crippen LogP contribution in [-0.4, -0.2) is 48.8 Å². The molecule has 2 saturated carbocycles. The quantitative estimate of drug-likeness (QED) is 0.696. The average Bonchev–Trinajstić information content (AvgIpc) is 2.58. The van der Waals surface area contributed by atoms with Gasteiger partial charge in [-0.25, -0.2) is 0 Å². The highest BCUT2D eigenvalue weighted by molar-refractivity contribution is 4.86. The molecule has 0 saturated heterocycles. The van der Waals surface area contributed by atoms with Gasteiger partial charge in [0.1, 0.15) is 0 Å². The fourth-order valence-corrected chi connectivity index (χ4v) is 3.73. The maximum atomic E-state index is 9.10. The summed E-state index contributed by atoms with van der Waals surface area (Å²) in [6, 6.07) is 1.52. The van der Waals surface area contributed by atoms with E-state index in [2.05, 4.69) is 17.3 Å². The molecule has 0 spiro atoms. The monoisotopic (exact) mass is 268 g/mol. The first-order chi connectivity index (χ1) is 9.35. The fraction of sp³-hybridized carbons (Fsp3) is 1.00. The van der Waals surface area contributed by atoms with Crippen LogP contribution in [0.2, 0.25) is 0 Å². The summed E-state index contributed by atoms with van der Waals surface area (Å²) in [5.74, 6) is 0.812. The third-order valence-corrected chi connectivity index (χ3v) is 5.19. The second-order valence-corrected chi connectivity index (χ2v) is 6.45. The van der Waals surface area contributed by atoms with Crippen molar-refractivity contribution in [3.63, 3.8) is 0 Å². The maximum absolute atomic E-state index is 9.10. The molecule has 112 valence electrons. The Morgan fingerprint density at radius 2 is 1.84 bits per heavy atom. The highest BCUT2D eigenvalue weighted by atomic mass is 16.3. The van der Waals surface area contributed by atoms with Gasteiger partial charge >= 0.3 is 0 Å². The van der Waals surface area contributed by atoms with E-state index in [-0.39, 0.29) is 0 Å². The van der Waals surface area contributed by atoms with E-state index in [0.29, 0.717) is 12.6 Å². The zero-order chi connectivity index (χ0) is 13.5. The van der Waals surface area contributed by atoms with E-state index in [1.165, 1.54) is 57.9 Å². The van der Waals surface area contributed by atoms with Gasteiger partial charge in [0, 0.05) is 31.8 Å². The molecular weight excluding hydrogens is 236 g/mol. The minimum absolute atomic E-state index is 0.337. The zero-order valence-electron chi connectivity index (χ0n) is 12.6. The van der Waals surface area contributed by atoms with Crippen LogP contribution in [0.4, 0.5) is 0 Å². The first kappa shape index (κ1) is 15.3. The first-order valence-corrected chi connectivity index (χ1v) is 8.37. The molecular formula is C16H32N2O. The topological polar surface area (TPSA) is 35.5 Å². The Hall–Kier alpha value is -0.120. The summed E-state index contributed by atoms with van der Waals surface area (Å²) in [7, 11) is 2.13. The Balaban J connectivity index is 1.88. The molecule has 0 radical (unpaired) electrons. The standard InChI is InChI=1S/C16H32N2O/c1-17-16-10-4-2-3-7-14(16)13-18(11-6-12-19)15-8-5-9-15/h14-17,19H,2-13H2,1H3. The molecule has 2 fully saturated rings. The Labute approximate surface area is 118 Å². The van der Waals surface area contributed by atoms with Crippen molar-refractivity contribution in [3.8, 4) is 0 Å². The first-order valence-electron chi connectivity index (χ1n) is 8.37. The largest absolute Gasteiger partial charge is 0.396 e. The van der Waals surface area contributed by atoms with Crippen LogP contribution in [0.3, 0.4) is 0 Å². The molecule has 2 atom stereocenters. The minimum atomic E-state index is 0.337. The smallest absolute Gasteiger partial charge is 0.0443 e. The lowest BCUT2D eigenvalue weighted by atomic mass is 9.88. The molecule has 0 aromatic heterocycles. The number of aliphatic hydroxyl groups is 1. The molecule has 2 aliphatic rings. The number of nitrogens with zero attached hydrogens (tertiary/aromatic N) is 1.